The van der Waals surface area contributed by atoms with E-state index in [9.17, 15) is 9.59 Å². The summed E-state index contributed by atoms with van der Waals surface area (Å²) in [6.07, 6.45) is 1.36. The smallest absolute Gasteiger partial charge is 0.303 e. The van der Waals surface area contributed by atoms with Crippen LogP contribution < -0.4 is 5.73 Å². The number of carbonyl (C=O) groups is 2. The summed E-state index contributed by atoms with van der Waals surface area (Å²) in [5.41, 5.74) is 5.74. The summed E-state index contributed by atoms with van der Waals surface area (Å²) in [5, 5.41) is 8.68. The number of rotatable bonds is 6. The van der Waals surface area contributed by atoms with Crippen LogP contribution in [0.25, 0.3) is 0 Å². The van der Waals surface area contributed by atoms with Gasteiger partial charge >= 0.3 is 5.97 Å². The molecule has 17 heavy (non-hydrogen) atoms. The van der Waals surface area contributed by atoms with Gasteiger partial charge in [0.2, 0.25) is 5.91 Å². The monoisotopic (exact) mass is 244 g/mol. The van der Waals surface area contributed by atoms with E-state index >= 15 is 0 Å². The number of amides is 1. The van der Waals surface area contributed by atoms with E-state index < -0.39 is 12.0 Å². The van der Waals surface area contributed by atoms with Crippen molar-refractivity contribution in [1.82, 2.24) is 4.90 Å². The average molecular weight is 244 g/mol. The van der Waals surface area contributed by atoms with Crippen LogP contribution in [0.4, 0.5) is 0 Å². The quantitative estimate of drug-likeness (QED) is 0.667. The number of likely N-dealkylation sites (tertiary alicyclic amines) is 1. The molecule has 6 heteroatoms. The number of nitrogens with zero attached hydrogens (tertiary/aromatic N) is 1. The van der Waals surface area contributed by atoms with E-state index in [1.54, 1.807) is 12.0 Å². The molecule has 0 aromatic rings. The summed E-state index contributed by atoms with van der Waals surface area (Å²) in [6.45, 7) is 1.57. The van der Waals surface area contributed by atoms with Gasteiger partial charge in [-0.2, -0.15) is 0 Å². The minimum Gasteiger partial charge on any atom is -0.481 e. The van der Waals surface area contributed by atoms with Gasteiger partial charge in [0, 0.05) is 33.2 Å². The molecule has 0 aromatic carbocycles. The van der Waals surface area contributed by atoms with Crippen LogP contribution >= 0.6 is 0 Å². The number of methoxy groups -OCH3 is 1. The summed E-state index contributed by atoms with van der Waals surface area (Å²) in [4.78, 5) is 24.1. The highest BCUT2D eigenvalue weighted by molar-refractivity contribution is 5.82. The fourth-order valence-corrected chi connectivity index (χ4v) is 2.05. The van der Waals surface area contributed by atoms with E-state index in [1.807, 2.05) is 0 Å². The SMILES string of the molecule is COCCC(N)C(=O)N1CCC(CC(=O)O)C1. The summed E-state index contributed by atoms with van der Waals surface area (Å²) in [5.74, 6) is -0.853. The first kappa shape index (κ1) is 13.9. The van der Waals surface area contributed by atoms with Crippen molar-refractivity contribution in [3.63, 3.8) is 0 Å². The van der Waals surface area contributed by atoms with Crippen molar-refractivity contribution >= 4 is 11.9 Å². The van der Waals surface area contributed by atoms with E-state index in [0.717, 1.165) is 6.42 Å². The molecule has 2 atom stereocenters. The molecule has 1 aliphatic heterocycles. The summed E-state index contributed by atoms with van der Waals surface area (Å²) in [6, 6.07) is -0.543. The highest BCUT2D eigenvalue weighted by Crippen LogP contribution is 2.20. The number of carbonyl (C=O) groups excluding carboxylic acids is 1. The lowest BCUT2D eigenvalue weighted by Crippen LogP contribution is -2.43. The van der Waals surface area contributed by atoms with Crippen molar-refractivity contribution in [2.24, 2.45) is 11.7 Å². The minimum atomic E-state index is -0.812. The van der Waals surface area contributed by atoms with Gasteiger partial charge < -0.3 is 20.5 Å². The molecular formula is C11H20N2O4. The largest absolute Gasteiger partial charge is 0.481 e. The van der Waals surface area contributed by atoms with Gasteiger partial charge in [-0.25, -0.2) is 0 Å². The van der Waals surface area contributed by atoms with Crippen molar-refractivity contribution in [2.75, 3.05) is 26.8 Å². The maximum atomic E-state index is 11.9. The Morgan fingerprint density at radius 2 is 2.29 bits per heavy atom. The average Bonchev–Trinajstić information content (AvgIpc) is 2.72. The minimum absolute atomic E-state index is 0.0612. The van der Waals surface area contributed by atoms with Crippen molar-refractivity contribution in [1.29, 1.82) is 0 Å². The summed E-state index contributed by atoms with van der Waals surface area (Å²) < 4.78 is 4.87. The van der Waals surface area contributed by atoms with Gasteiger partial charge in [-0.15, -0.1) is 0 Å². The van der Waals surface area contributed by atoms with Gasteiger partial charge in [0.1, 0.15) is 0 Å². The maximum Gasteiger partial charge on any atom is 0.303 e. The standard InChI is InChI=1S/C11H20N2O4/c1-17-5-3-9(12)11(16)13-4-2-8(7-13)6-10(14)15/h8-9H,2-7,12H2,1H3,(H,14,15). The van der Waals surface area contributed by atoms with Gasteiger partial charge in [-0.05, 0) is 18.8 Å². The first-order valence-electron chi connectivity index (χ1n) is 5.79. The number of ether oxygens (including phenoxy) is 1. The fourth-order valence-electron chi connectivity index (χ4n) is 2.05. The van der Waals surface area contributed by atoms with Crippen LogP contribution in [0.3, 0.4) is 0 Å². The molecule has 1 saturated heterocycles. The third-order valence-corrected chi connectivity index (χ3v) is 3.01. The highest BCUT2D eigenvalue weighted by Gasteiger charge is 2.30. The van der Waals surface area contributed by atoms with Crippen molar-refractivity contribution in [3.8, 4) is 0 Å². The normalized spacial score (nSPS) is 21.5. The summed E-state index contributed by atoms with van der Waals surface area (Å²) >= 11 is 0. The van der Waals surface area contributed by atoms with Crippen LogP contribution in [0.5, 0.6) is 0 Å². The zero-order valence-corrected chi connectivity index (χ0v) is 10.1. The lowest BCUT2D eigenvalue weighted by atomic mass is 10.1. The summed E-state index contributed by atoms with van der Waals surface area (Å²) in [7, 11) is 1.57. The molecule has 1 amide bonds. The topological polar surface area (TPSA) is 92.9 Å². The van der Waals surface area contributed by atoms with Crippen LogP contribution in [-0.4, -0.2) is 54.7 Å². The molecule has 2 unspecified atom stereocenters. The van der Waals surface area contributed by atoms with Crippen LogP contribution in [0.1, 0.15) is 19.3 Å². The van der Waals surface area contributed by atoms with Crippen molar-refractivity contribution < 1.29 is 19.4 Å². The first-order valence-corrected chi connectivity index (χ1v) is 5.79. The van der Waals surface area contributed by atoms with Gasteiger partial charge in [0.05, 0.1) is 6.04 Å². The molecule has 0 aliphatic carbocycles. The Balaban J connectivity index is 2.36. The molecule has 6 nitrogen and oxygen atoms in total. The molecule has 0 spiro atoms. The fraction of sp³-hybridized carbons (Fsp3) is 0.818. The van der Waals surface area contributed by atoms with E-state index in [4.69, 9.17) is 15.6 Å². The van der Waals surface area contributed by atoms with E-state index in [-0.39, 0.29) is 18.2 Å². The molecule has 3 N–H and O–H groups in total. The van der Waals surface area contributed by atoms with Crippen molar-refractivity contribution in [2.45, 2.75) is 25.3 Å². The second-order valence-corrected chi connectivity index (χ2v) is 4.42. The Morgan fingerprint density at radius 3 is 2.88 bits per heavy atom. The third kappa shape index (κ3) is 4.32. The molecule has 1 aliphatic rings. The molecule has 0 saturated carbocycles. The molecule has 1 fully saturated rings. The lowest BCUT2D eigenvalue weighted by molar-refractivity contribution is -0.138. The van der Waals surface area contributed by atoms with Gasteiger partial charge in [-0.3, -0.25) is 9.59 Å². The Hall–Kier alpha value is -1.14. The van der Waals surface area contributed by atoms with E-state index in [2.05, 4.69) is 0 Å². The van der Waals surface area contributed by atoms with Gasteiger partial charge in [-0.1, -0.05) is 0 Å². The number of hydrogen-bond donors (Lipinski definition) is 2. The molecule has 1 rings (SSSR count). The predicted molar refractivity (Wildman–Crippen MR) is 61.4 cm³/mol. The predicted octanol–water partition coefficient (Wildman–Crippen LogP) is -0.327. The Labute approximate surface area is 101 Å². The molecule has 98 valence electrons. The van der Waals surface area contributed by atoms with E-state index in [0.29, 0.717) is 26.1 Å². The van der Waals surface area contributed by atoms with Crippen LogP contribution in [0.2, 0.25) is 0 Å². The zero-order valence-electron chi connectivity index (χ0n) is 10.1. The Kier molecular flexibility index (Phi) is 5.37. The highest BCUT2D eigenvalue weighted by atomic mass is 16.5. The molecule has 0 aromatic heterocycles. The number of nitrogens with two attached hydrogens (primary N) is 1. The number of hydrogen-bond acceptors (Lipinski definition) is 4. The van der Waals surface area contributed by atoms with Crippen LogP contribution in [0, 0.1) is 5.92 Å². The Morgan fingerprint density at radius 1 is 1.59 bits per heavy atom. The van der Waals surface area contributed by atoms with Crippen LogP contribution in [-0.2, 0) is 14.3 Å². The van der Waals surface area contributed by atoms with Gasteiger partial charge in [0.25, 0.3) is 0 Å². The van der Waals surface area contributed by atoms with E-state index in [1.165, 1.54) is 0 Å². The maximum absolute atomic E-state index is 11.9. The molecule has 1 heterocycles. The Bertz CT molecular complexity index is 283. The number of aliphatic carboxylic acids is 1. The number of carboxylic acid groups (broad SMARTS) is 1. The molecule has 0 bridgehead atoms. The first-order chi connectivity index (χ1) is 8.04. The van der Waals surface area contributed by atoms with Crippen molar-refractivity contribution in [3.05, 3.63) is 0 Å². The lowest BCUT2D eigenvalue weighted by Gasteiger charge is -2.20. The number of carboxylic acids is 1. The second kappa shape index (κ2) is 6.56. The molecular weight excluding hydrogens is 224 g/mol. The zero-order chi connectivity index (χ0) is 12.8. The second-order valence-electron chi connectivity index (χ2n) is 4.42. The van der Waals surface area contributed by atoms with Gasteiger partial charge in [0.15, 0.2) is 0 Å². The third-order valence-electron chi connectivity index (χ3n) is 3.01. The van der Waals surface area contributed by atoms with Crippen LogP contribution in [0.15, 0.2) is 0 Å². The molecule has 0 radical (unpaired) electrons.